The van der Waals surface area contributed by atoms with Crippen molar-refractivity contribution in [2.24, 2.45) is 9.98 Å². The first-order valence-corrected chi connectivity index (χ1v) is 11.5. The lowest BCUT2D eigenvalue weighted by Crippen LogP contribution is -2.44. The van der Waals surface area contributed by atoms with E-state index in [1.54, 1.807) is 0 Å². The third kappa shape index (κ3) is 4.14. The Bertz CT molecular complexity index is 1080. The molecule has 1 N–H and O–H groups in total. The summed E-state index contributed by atoms with van der Waals surface area (Å²) in [5, 5.41) is 3.36. The van der Waals surface area contributed by atoms with Crippen molar-refractivity contribution in [1.29, 1.82) is 0 Å². The van der Waals surface area contributed by atoms with Crippen LogP contribution in [0.4, 0.5) is 11.4 Å². The van der Waals surface area contributed by atoms with Crippen molar-refractivity contribution < 1.29 is 9.59 Å². The van der Waals surface area contributed by atoms with Gasteiger partial charge in [-0.2, -0.15) is 4.99 Å². The number of carbonyl (C=O) groups is 2. The van der Waals surface area contributed by atoms with Crippen LogP contribution in [0.15, 0.2) is 58.5 Å². The lowest BCUT2D eigenvalue weighted by Gasteiger charge is -2.32. The molecular formula is C24H26N4O2S. The third-order valence-electron chi connectivity index (χ3n) is 5.48. The van der Waals surface area contributed by atoms with E-state index in [-0.39, 0.29) is 23.1 Å². The average molecular weight is 435 g/mol. The number of amides is 2. The molecule has 2 heterocycles. The summed E-state index contributed by atoms with van der Waals surface area (Å²) >= 11 is 1.40. The van der Waals surface area contributed by atoms with Gasteiger partial charge in [0.25, 0.3) is 5.91 Å². The van der Waals surface area contributed by atoms with Gasteiger partial charge in [0, 0.05) is 11.3 Å². The van der Waals surface area contributed by atoms with E-state index < -0.39 is 0 Å². The highest BCUT2D eigenvalue weighted by molar-refractivity contribution is 8.15. The molecule has 0 aromatic heterocycles. The molecule has 0 bridgehead atoms. The molecule has 4 rings (SSSR count). The Balaban J connectivity index is 1.64. The summed E-state index contributed by atoms with van der Waals surface area (Å²) in [6, 6.07) is 15.1. The number of rotatable bonds is 6. The van der Waals surface area contributed by atoms with Crippen molar-refractivity contribution in [2.75, 3.05) is 5.32 Å². The first kappa shape index (κ1) is 21.3. The molecule has 0 aliphatic carbocycles. The van der Waals surface area contributed by atoms with E-state index in [1.807, 2.05) is 67.3 Å². The van der Waals surface area contributed by atoms with Crippen LogP contribution in [0.25, 0.3) is 0 Å². The standard InChI is InChI=1S/C24H26N4O2S/c1-4-10-19-22(29)27-21-16-12-7-9-14-18(16)26-24(28(19)21)31-20(5-2)23(30)25-17-13-8-6-11-15(17)3/h6-9,11-14,19-20H,4-5,10H2,1-3H3,(H,25,30). The van der Waals surface area contributed by atoms with Crippen molar-refractivity contribution >= 4 is 46.0 Å². The Morgan fingerprint density at radius 1 is 1.13 bits per heavy atom. The molecule has 2 atom stereocenters. The number of nitrogens with zero attached hydrogens (tertiary/aromatic N) is 3. The molecule has 2 aromatic rings. The lowest BCUT2D eigenvalue weighted by molar-refractivity contribution is -0.119. The van der Waals surface area contributed by atoms with E-state index >= 15 is 0 Å². The van der Waals surface area contributed by atoms with Gasteiger partial charge in [-0.05, 0) is 43.5 Å². The average Bonchev–Trinajstić information content (AvgIpc) is 3.10. The smallest absolute Gasteiger partial charge is 0.270 e. The maximum Gasteiger partial charge on any atom is 0.270 e. The fraction of sp³-hybridized carbons (Fsp3) is 0.333. The predicted molar refractivity (Wildman–Crippen MR) is 127 cm³/mol. The molecule has 0 saturated heterocycles. The number of para-hydroxylation sites is 2. The summed E-state index contributed by atoms with van der Waals surface area (Å²) in [4.78, 5) is 36.9. The van der Waals surface area contributed by atoms with Crippen molar-refractivity contribution in [1.82, 2.24) is 4.90 Å². The number of aryl methyl sites for hydroxylation is 1. The molecule has 2 aliphatic heterocycles. The number of aliphatic imine (C=N–C) groups is 2. The normalized spacial score (nSPS) is 18.1. The number of thioether (sulfide) groups is 1. The molecule has 0 fully saturated rings. The molecule has 2 aliphatic rings. The summed E-state index contributed by atoms with van der Waals surface area (Å²) in [6.45, 7) is 6.01. The van der Waals surface area contributed by atoms with Crippen LogP contribution < -0.4 is 5.32 Å². The van der Waals surface area contributed by atoms with Crippen molar-refractivity contribution in [3.05, 3.63) is 59.7 Å². The van der Waals surface area contributed by atoms with Crippen LogP contribution in [0.1, 0.15) is 44.2 Å². The zero-order valence-electron chi connectivity index (χ0n) is 18.0. The largest absolute Gasteiger partial charge is 0.325 e. The van der Waals surface area contributed by atoms with Crippen LogP contribution in [0.2, 0.25) is 0 Å². The second kappa shape index (κ2) is 9.06. The number of carbonyl (C=O) groups excluding carboxylic acids is 2. The second-order valence-electron chi connectivity index (χ2n) is 7.68. The number of hydrogen-bond donors (Lipinski definition) is 1. The SMILES string of the molecule is CCCC1C(=O)N=C2c3ccccc3N=C(SC(CC)C(=O)Nc3ccccc3C)N21. The van der Waals surface area contributed by atoms with Gasteiger partial charge in [0.1, 0.15) is 11.9 Å². The molecule has 7 heteroatoms. The molecule has 0 spiro atoms. The second-order valence-corrected chi connectivity index (χ2v) is 8.85. The lowest BCUT2D eigenvalue weighted by atomic mass is 10.1. The van der Waals surface area contributed by atoms with Crippen molar-refractivity contribution in [3.63, 3.8) is 0 Å². The fourth-order valence-corrected chi connectivity index (χ4v) is 4.87. The van der Waals surface area contributed by atoms with Gasteiger partial charge < -0.3 is 5.32 Å². The summed E-state index contributed by atoms with van der Waals surface area (Å²) in [5.41, 5.74) is 3.46. The van der Waals surface area contributed by atoms with Crippen LogP contribution in [0.5, 0.6) is 0 Å². The van der Waals surface area contributed by atoms with Gasteiger partial charge in [0.15, 0.2) is 5.17 Å². The van der Waals surface area contributed by atoms with Crippen LogP contribution in [-0.4, -0.2) is 39.0 Å². The summed E-state index contributed by atoms with van der Waals surface area (Å²) in [7, 11) is 0. The minimum atomic E-state index is -0.364. The zero-order valence-corrected chi connectivity index (χ0v) is 18.8. The van der Waals surface area contributed by atoms with Gasteiger partial charge in [0.2, 0.25) is 5.91 Å². The Morgan fingerprint density at radius 3 is 2.61 bits per heavy atom. The first-order chi connectivity index (χ1) is 15.0. The Kier molecular flexibility index (Phi) is 6.23. The zero-order chi connectivity index (χ0) is 22.0. The van der Waals surface area contributed by atoms with E-state index in [1.165, 1.54) is 11.8 Å². The maximum absolute atomic E-state index is 13.1. The summed E-state index contributed by atoms with van der Waals surface area (Å²) < 4.78 is 0. The van der Waals surface area contributed by atoms with Gasteiger partial charge in [-0.15, -0.1) is 0 Å². The summed E-state index contributed by atoms with van der Waals surface area (Å²) in [6.07, 6.45) is 2.19. The third-order valence-corrected chi connectivity index (χ3v) is 6.81. The van der Waals surface area contributed by atoms with E-state index in [4.69, 9.17) is 4.99 Å². The topological polar surface area (TPSA) is 74.1 Å². The van der Waals surface area contributed by atoms with Crippen LogP contribution in [0.3, 0.4) is 0 Å². The number of nitrogens with one attached hydrogen (secondary N) is 1. The van der Waals surface area contributed by atoms with E-state index in [2.05, 4.69) is 17.2 Å². The highest BCUT2D eigenvalue weighted by Gasteiger charge is 2.42. The van der Waals surface area contributed by atoms with Crippen LogP contribution in [0, 0.1) is 6.92 Å². The van der Waals surface area contributed by atoms with E-state index in [0.29, 0.717) is 23.8 Å². The summed E-state index contributed by atoms with van der Waals surface area (Å²) in [5.74, 6) is 0.435. The minimum Gasteiger partial charge on any atom is -0.325 e. The van der Waals surface area contributed by atoms with Crippen molar-refractivity contribution in [2.45, 2.75) is 51.3 Å². The van der Waals surface area contributed by atoms with Gasteiger partial charge in [-0.25, -0.2) is 4.99 Å². The van der Waals surface area contributed by atoms with E-state index in [9.17, 15) is 9.59 Å². The van der Waals surface area contributed by atoms with Crippen molar-refractivity contribution in [3.8, 4) is 0 Å². The Morgan fingerprint density at radius 2 is 1.87 bits per heavy atom. The number of amidine groups is 2. The molecule has 31 heavy (non-hydrogen) atoms. The first-order valence-electron chi connectivity index (χ1n) is 10.7. The highest BCUT2D eigenvalue weighted by Crippen LogP contribution is 2.36. The molecular weight excluding hydrogens is 408 g/mol. The fourth-order valence-electron chi connectivity index (χ4n) is 3.81. The highest BCUT2D eigenvalue weighted by atomic mass is 32.2. The monoisotopic (exact) mass is 434 g/mol. The van der Waals surface area contributed by atoms with E-state index in [0.717, 1.165) is 28.9 Å². The number of fused-ring (bicyclic) bond motifs is 3. The minimum absolute atomic E-state index is 0.0700. The van der Waals surface area contributed by atoms with Gasteiger partial charge in [0.05, 0.1) is 10.9 Å². The number of benzene rings is 2. The molecule has 0 radical (unpaired) electrons. The molecule has 2 amide bonds. The van der Waals surface area contributed by atoms with Gasteiger partial charge in [-0.1, -0.05) is 62.4 Å². The van der Waals surface area contributed by atoms with Gasteiger partial charge >= 0.3 is 0 Å². The molecule has 2 unspecified atom stereocenters. The molecule has 160 valence electrons. The number of anilines is 1. The Labute approximate surface area is 186 Å². The van der Waals surface area contributed by atoms with Crippen LogP contribution in [-0.2, 0) is 9.59 Å². The molecule has 0 saturated carbocycles. The molecule has 2 aromatic carbocycles. The van der Waals surface area contributed by atoms with Crippen LogP contribution >= 0.6 is 11.8 Å². The molecule has 6 nitrogen and oxygen atoms in total. The Hall–Kier alpha value is -2.93. The maximum atomic E-state index is 13.1. The van der Waals surface area contributed by atoms with Gasteiger partial charge in [-0.3, -0.25) is 14.5 Å². The predicted octanol–water partition coefficient (Wildman–Crippen LogP) is 4.90. The quantitative estimate of drug-likeness (QED) is 0.701. The number of hydrogen-bond acceptors (Lipinski definition) is 5.